The van der Waals surface area contributed by atoms with Crippen LogP contribution in [0.25, 0.3) is 10.9 Å². The zero-order chi connectivity index (χ0) is 21.4. The number of ether oxygens (including phenoxy) is 1. The van der Waals surface area contributed by atoms with Gasteiger partial charge in [0.2, 0.25) is 11.9 Å². The summed E-state index contributed by atoms with van der Waals surface area (Å²) in [6.45, 7) is 4.43. The fourth-order valence-electron chi connectivity index (χ4n) is 3.94. The van der Waals surface area contributed by atoms with Gasteiger partial charge in [0.15, 0.2) is 5.78 Å². The Kier molecular flexibility index (Phi) is 5.07. The fourth-order valence-corrected chi connectivity index (χ4v) is 4.77. The molecule has 8 heteroatoms. The van der Waals surface area contributed by atoms with Crippen LogP contribution in [0.1, 0.15) is 45.9 Å². The molecule has 31 heavy (non-hydrogen) atoms. The number of carbonyl (C=O) groups excluding carboxylic acids is 1. The van der Waals surface area contributed by atoms with E-state index in [0.29, 0.717) is 42.7 Å². The van der Waals surface area contributed by atoms with Gasteiger partial charge in [0.05, 0.1) is 23.6 Å². The first-order valence-electron chi connectivity index (χ1n) is 10.2. The number of hydrogen-bond acceptors (Lipinski definition) is 8. The molecular formula is C23H21N5O2S. The van der Waals surface area contributed by atoms with Crippen LogP contribution in [0.3, 0.4) is 0 Å². The van der Waals surface area contributed by atoms with Gasteiger partial charge in [-0.25, -0.2) is 19.9 Å². The van der Waals surface area contributed by atoms with Crippen molar-refractivity contribution in [3.8, 4) is 5.75 Å². The zero-order valence-corrected chi connectivity index (χ0v) is 18.1. The molecule has 0 fully saturated rings. The minimum absolute atomic E-state index is 0.0883. The number of aryl methyl sites for hydroxylation is 1. The molecule has 156 valence electrons. The molecule has 3 aromatic heterocycles. The zero-order valence-electron chi connectivity index (χ0n) is 17.3. The molecule has 1 N–H and O–H groups in total. The van der Waals surface area contributed by atoms with Gasteiger partial charge in [-0.2, -0.15) is 0 Å². The van der Waals surface area contributed by atoms with Crippen LogP contribution >= 0.6 is 11.3 Å². The molecule has 0 bridgehead atoms. The standard InChI is InChI=1S/C23H21N5O2S/c1-3-30-19-7-4-6-15-13(2)25-23(27-21(15)19)28-22-24-12-16-17(26-22)10-14(11-18(16)29)20-8-5-9-31-20/h4-9,12,14H,3,10-11H2,1-2H3,(H,24,25,26,27,28)/t14-/m0/s1. The first kappa shape index (κ1) is 19.6. The molecule has 7 nitrogen and oxygen atoms in total. The Labute approximate surface area is 183 Å². The van der Waals surface area contributed by atoms with Crippen LogP contribution in [0.15, 0.2) is 41.9 Å². The molecule has 1 aliphatic rings. The van der Waals surface area contributed by atoms with Crippen molar-refractivity contribution < 1.29 is 9.53 Å². The summed E-state index contributed by atoms with van der Waals surface area (Å²) < 4.78 is 5.73. The number of hydrogen-bond donors (Lipinski definition) is 1. The Hall–Kier alpha value is -3.39. The van der Waals surface area contributed by atoms with E-state index in [9.17, 15) is 4.79 Å². The van der Waals surface area contributed by atoms with E-state index in [2.05, 4.69) is 31.3 Å². The highest BCUT2D eigenvalue weighted by Gasteiger charge is 2.28. The summed E-state index contributed by atoms with van der Waals surface area (Å²) in [5.74, 6) is 1.74. The molecule has 4 aromatic rings. The summed E-state index contributed by atoms with van der Waals surface area (Å²) in [6.07, 6.45) is 2.82. The van der Waals surface area contributed by atoms with E-state index in [-0.39, 0.29) is 11.7 Å². The van der Waals surface area contributed by atoms with Crippen LogP contribution < -0.4 is 10.1 Å². The van der Waals surface area contributed by atoms with Gasteiger partial charge in [-0.05, 0) is 37.8 Å². The number of nitrogens with one attached hydrogen (secondary N) is 1. The maximum Gasteiger partial charge on any atom is 0.230 e. The number of ketones is 1. The molecule has 0 radical (unpaired) electrons. The molecule has 0 unspecified atom stereocenters. The Morgan fingerprint density at radius 1 is 1.13 bits per heavy atom. The molecule has 0 saturated heterocycles. The lowest BCUT2D eigenvalue weighted by molar-refractivity contribution is 0.0963. The van der Waals surface area contributed by atoms with Crippen LogP contribution in [0.4, 0.5) is 11.9 Å². The van der Waals surface area contributed by atoms with Crippen LogP contribution in [0.5, 0.6) is 5.75 Å². The van der Waals surface area contributed by atoms with Crippen LogP contribution in [-0.4, -0.2) is 32.3 Å². The van der Waals surface area contributed by atoms with E-state index >= 15 is 0 Å². The Bertz CT molecular complexity index is 1270. The van der Waals surface area contributed by atoms with E-state index in [0.717, 1.165) is 22.3 Å². The van der Waals surface area contributed by atoms with Crippen molar-refractivity contribution in [2.75, 3.05) is 11.9 Å². The minimum Gasteiger partial charge on any atom is -0.492 e. The predicted molar refractivity (Wildman–Crippen MR) is 120 cm³/mol. The monoisotopic (exact) mass is 431 g/mol. The molecular weight excluding hydrogens is 410 g/mol. The molecule has 0 aliphatic heterocycles. The molecule has 0 spiro atoms. The summed E-state index contributed by atoms with van der Waals surface area (Å²) >= 11 is 1.68. The van der Waals surface area contributed by atoms with Crippen molar-refractivity contribution in [2.45, 2.75) is 32.6 Å². The number of thiophene rings is 1. The van der Waals surface area contributed by atoms with E-state index in [1.54, 1.807) is 17.5 Å². The predicted octanol–water partition coefficient (Wildman–Crippen LogP) is 4.84. The number of fused-ring (bicyclic) bond motifs is 2. The lowest BCUT2D eigenvalue weighted by Gasteiger charge is -2.22. The molecule has 0 amide bonds. The molecule has 1 aromatic carbocycles. The first-order valence-corrected chi connectivity index (χ1v) is 11.1. The third-order valence-electron chi connectivity index (χ3n) is 5.39. The van der Waals surface area contributed by atoms with Crippen molar-refractivity contribution >= 4 is 39.9 Å². The third kappa shape index (κ3) is 3.74. The van der Waals surface area contributed by atoms with Crippen LogP contribution in [-0.2, 0) is 6.42 Å². The second kappa shape index (κ2) is 8.03. The van der Waals surface area contributed by atoms with Gasteiger partial charge in [0.1, 0.15) is 11.3 Å². The smallest absolute Gasteiger partial charge is 0.230 e. The van der Waals surface area contributed by atoms with E-state index in [1.807, 2.05) is 43.5 Å². The van der Waals surface area contributed by atoms with Crippen molar-refractivity contribution in [2.24, 2.45) is 0 Å². The molecule has 3 heterocycles. The highest BCUT2D eigenvalue weighted by atomic mass is 32.1. The summed E-state index contributed by atoms with van der Waals surface area (Å²) in [5.41, 5.74) is 2.94. The largest absolute Gasteiger partial charge is 0.492 e. The second-order valence-electron chi connectivity index (χ2n) is 7.44. The van der Waals surface area contributed by atoms with Crippen LogP contribution in [0.2, 0.25) is 0 Å². The molecule has 0 saturated carbocycles. The normalized spacial score (nSPS) is 15.7. The number of rotatable bonds is 5. The summed E-state index contributed by atoms with van der Waals surface area (Å²) in [5, 5.41) is 6.09. The maximum atomic E-state index is 12.6. The Balaban J connectivity index is 1.47. The molecule has 1 atom stereocenters. The lowest BCUT2D eigenvalue weighted by atomic mass is 9.86. The van der Waals surface area contributed by atoms with E-state index in [4.69, 9.17) is 4.74 Å². The molecule has 5 rings (SSSR count). The number of benzene rings is 1. The highest BCUT2D eigenvalue weighted by molar-refractivity contribution is 7.10. The second-order valence-corrected chi connectivity index (χ2v) is 8.42. The number of Topliss-reactive ketones (excluding diaryl/α,β-unsaturated/α-hetero) is 1. The maximum absolute atomic E-state index is 12.6. The highest BCUT2D eigenvalue weighted by Crippen LogP contribution is 2.34. The summed E-state index contributed by atoms with van der Waals surface area (Å²) in [6, 6.07) is 9.90. The lowest BCUT2D eigenvalue weighted by Crippen LogP contribution is -2.20. The number of nitrogens with zero attached hydrogens (tertiary/aromatic N) is 4. The number of carbonyl (C=O) groups is 1. The molecule has 1 aliphatic carbocycles. The van der Waals surface area contributed by atoms with Crippen molar-refractivity contribution in [1.29, 1.82) is 0 Å². The van der Waals surface area contributed by atoms with E-state index in [1.165, 1.54) is 4.88 Å². The van der Waals surface area contributed by atoms with Crippen molar-refractivity contribution in [1.82, 2.24) is 19.9 Å². The topological polar surface area (TPSA) is 89.9 Å². The van der Waals surface area contributed by atoms with Gasteiger partial charge >= 0.3 is 0 Å². The van der Waals surface area contributed by atoms with Gasteiger partial charge in [-0.3, -0.25) is 10.1 Å². The van der Waals surface area contributed by atoms with Gasteiger partial charge in [-0.1, -0.05) is 18.2 Å². The van der Waals surface area contributed by atoms with Gasteiger partial charge in [0, 0.05) is 28.8 Å². The minimum atomic E-state index is 0.0883. The SMILES string of the molecule is CCOc1cccc2c(C)nc(Nc3ncc4c(n3)C[C@H](c3cccs3)CC4=O)nc12. The average Bonchev–Trinajstić information content (AvgIpc) is 3.29. The fraction of sp³-hybridized carbons (Fsp3) is 0.261. The average molecular weight is 432 g/mol. The summed E-state index contributed by atoms with van der Waals surface area (Å²) in [4.78, 5) is 32.0. The Morgan fingerprint density at radius 3 is 2.84 bits per heavy atom. The third-order valence-corrected chi connectivity index (χ3v) is 6.42. The van der Waals surface area contributed by atoms with Crippen molar-refractivity contribution in [3.05, 3.63) is 63.7 Å². The van der Waals surface area contributed by atoms with Gasteiger partial charge in [0.25, 0.3) is 0 Å². The number of aromatic nitrogens is 4. The quantitative estimate of drug-likeness (QED) is 0.483. The van der Waals surface area contributed by atoms with Gasteiger partial charge in [-0.15, -0.1) is 11.3 Å². The van der Waals surface area contributed by atoms with Crippen LogP contribution in [0, 0.1) is 6.92 Å². The number of para-hydroxylation sites is 1. The first-order chi connectivity index (χ1) is 15.1. The van der Waals surface area contributed by atoms with Gasteiger partial charge < -0.3 is 4.74 Å². The van der Waals surface area contributed by atoms with E-state index < -0.39 is 0 Å². The number of anilines is 2. The summed E-state index contributed by atoms with van der Waals surface area (Å²) in [7, 11) is 0. The van der Waals surface area contributed by atoms with Crippen molar-refractivity contribution in [3.63, 3.8) is 0 Å². The Morgan fingerprint density at radius 2 is 2.03 bits per heavy atom.